The molecule has 0 heterocycles. The zero-order valence-corrected chi connectivity index (χ0v) is 15.7. The maximum atomic E-state index is 11.7. The molecule has 0 N–H and O–H groups in total. The Morgan fingerprint density at radius 2 is 1.71 bits per heavy atom. The van der Waals surface area contributed by atoms with Crippen LogP contribution in [0.25, 0.3) is 0 Å². The van der Waals surface area contributed by atoms with Crippen molar-refractivity contribution in [3.8, 4) is 0 Å². The standard InChI is InChI=1S/C20H36O4/c1-3-4-6-10-17(2)24-20(22)14-9-13-19(21)23-16-15-18-11-7-5-8-12-18/h17-18H,3-16H2,1-2H3. The van der Waals surface area contributed by atoms with E-state index < -0.39 is 0 Å². The highest BCUT2D eigenvalue weighted by molar-refractivity contribution is 5.72. The minimum Gasteiger partial charge on any atom is -0.466 e. The van der Waals surface area contributed by atoms with Crippen LogP contribution in [0, 0.1) is 5.92 Å². The fourth-order valence-electron chi connectivity index (χ4n) is 3.29. The molecule has 0 aromatic carbocycles. The van der Waals surface area contributed by atoms with Crippen LogP contribution in [0.5, 0.6) is 0 Å². The van der Waals surface area contributed by atoms with Crippen LogP contribution >= 0.6 is 0 Å². The zero-order valence-electron chi connectivity index (χ0n) is 15.7. The van der Waals surface area contributed by atoms with Crippen molar-refractivity contribution in [3.63, 3.8) is 0 Å². The largest absolute Gasteiger partial charge is 0.466 e. The number of ether oxygens (including phenoxy) is 2. The smallest absolute Gasteiger partial charge is 0.306 e. The first kappa shape index (κ1) is 21.0. The van der Waals surface area contributed by atoms with Crippen molar-refractivity contribution in [2.24, 2.45) is 5.92 Å². The molecule has 0 saturated heterocycles. The summed E-state index contributed by atoms with van der Waals surface area (Å²) < 4.78 is 10.6. The van der Waals surface area contributed by atoms with Gasteiger partial charge in [0.05, 0.1) is 12.7 Å². The van der Waals surface area contributed by atoms with Crippen LogP contribution in [-0.4, -0.2) is 24.6 Å². The average Bonchev–Trinajstić information content (AvgIpc) is 2.56. The minimum atomic E-state index is -0.200. The van der Waals surface area contributed by atoms with Crippen molar-refractivity contribution in [2.75, 3.05) is 6.61 Å². The highest BCUT2D eigenvalue weighted by Crippen LogP contribution is 2.26. The number of rotatable bonds is 12. The zero-order chi connectivity index (χ0) is 17.6. The summed E-state index contributed by atoms with van der Waals surface area (Å²) in [5.41, 5.74) is 0. The summed E-state index contributed by atoms with van der Waals surface area (Å²) in [6, 6.07) is 0. The van der Waals surface area contributed by atoms with Crippen molar-refractivity contribution < 1.29 is 19.1 Å². The molecule has 1 aliphatic rings. The Balaban J connectivity index is 1.98. The van der Waals surface area contributed by atoms with Crippen molar-refractivity contribution in [1.82, 2.24) is 0 Å². The molecule has 1 fully saturated rings. The molecule has 0 amide bonds. The quantitative estimate of drug-likeness (QED) is 0.363. The Morgan fingerprint density at radius 1 is 1.00 bits per heavy atom. The van der Waals surface area contributed by atoms with Crippen LogP contribution in [0.1, 0.15) is 97.3 Å². The van der Waals surface area contributed by atoms with Crippen LogP contribution in [0.15, 0.2) is 0 Å². The first-order chi connectivity index (χ1) is 11.6. The van der Waals surface area contributed by atoms with E-state index in [2.05, 4.69) is 6.92 Å². The maximum Gasteiger partial charge on any atom is 0.306 e. The van der Waals surface area contributed by atoms with Crippen molar-refractivity contribution in [3.05, 3.63) is 0 Å². The first-order valence-electron chi connectivity index (χ1n) is 9.97. The first-order valence-corrected chi connectivity index (χ1v) is 9.97. The van der Waals surface area contributed by atoms with Crippen molar-refractivity contribution >= 4 is 11.9 Å². The van der Waals surface area contributed by atoms with E-state index in [0.717, 1.165) is 25.2 Å². The fourth-order valence-corrected chi connectivity index (χ4v) is 3.29. The number of carbonyl (C=O) groups is 2. The lowest BCUT2D eigenvalue weighted by Crippen LogP contribution is -2.15. The van der Waals surface area contributed by atoms with Gasteiger partial charge < -0.3 is 9.47 Å². The molecule has 1 aliphatic carbocycles. The summed E-state index contributed by atoms with van der Waals surface area (Å²) in [6.45, 7) is 4.63. The number of carbonyl (C=O) groups excluding carboxylic acids is 2. The monoisotopic (exact) mass is 340 g/mol. The summed E-state index contributed by atoms with van der Waals surface area (Å²) in [5, 5.41) is 0. The molecule has 1 atom stereocenters. The highest BCUT2D eigenvalue weighted by atomic mass is 16.5. The summed E-state index contributed by atoms with van der Waals surface area (Å²) in [7, 11) is 0. The molecule has 0 radical (unpaired) electrons. The van der Waals surface area contributed by atoms with E-state index in [-0.39, 0.29) is 18.0 Å². The van der Waals surface area contributed by atoms with Crippen molar-refractivity contribution in [1.29, 1.82) is 0 Å². The molecular formula is C20H36O4. The Morgan fingerprint density at radius 3 is 2.42 bits per heavy atom. The van der Waals surface area contributed by atoms with Gasteiger partial charge in [-0.1, -0.05) is 51.9 Å². The molecule has 0 aliphatic heterocycles. The normalized spacial score (nSPS) is 16.6. The molecule has 4 heteroatoms. The van der Waals surface area contributed by atoms with Crippen LogP contribution in [0.3, 0.4) is 0 Å². The predicted octanol–water partition coefficient (Wildman–Crippen LogP) is 5.18. The molecular weight excluding hydrogens is 304 g/mol. The SMILES string of the molecule is CCCCCC(C)OC(=O)CCCC(=O)OCCC1CCCCC1. The van der Waals surface area contributed by atoms with E-state index in [1.54, 1.807) is 0 Å². The van der Waals surface area contributed by atoms with Gasteiger partial charge in [0.2, 0.25) is 0 Å². The summed E-state index contributed by atoms with van der Waals surface area (Å²) >= 11 is 0. The third-order valence-corrected chi connectivity index (χ3v) is 4.82. The van der Waals surface area contributed by atoms with Crippen molar-refractivity contribution in [2.45, 2.75) is 103 Å². The van der Waals surface area contributed by atoms with Crippen LogP contribution < -0.4 is 0 Å². The van der Waals surface area contributed by atoms with Crippen LogP contribution in [0.2, 0.25) is 0 Å². The molecule has 24 heavy (non-hydrogen) atoms. The van der Waals surface area contributed by atoms with Gasteiger partial charge in [-0.3, -0.25) is 9.59 Å². The third-order valence-electron chi connectivity index (χ3n) is 4.82. The minimum absolute atomic E-state index is 0.0218. The molecule has 0 aromatic rings. The highest BCUT2D eigenvalue weighted by Gasteiger charge is 2.14. The fraction of sp³-hybridized carbons (Fsp3) is 0.900. The molecule has 4 nitrogen and oxygen atoms in total. The molecule has 0 bridgehead atoms. The van der Waals surface area contributed by atoms with E-state index in [4.69, 9.17) is 9.47 Å². The van der Waals surface area contributed by atoms with Gasteiger partial charge in [-0.15, -0.1) is 0 Å². The maximum absolute atomic E-state index is 11.7. The number of esters is 2. The molecule has 1 rings (SSSR count). The number of hydrogen-bond donors (Lipinski definition) is 0. The molecule has 1 unspecified atom stereocenters. The van der Waals surface area contributed by atoms with Crippen LogP contribution in [-0.2, 0) is 19.1 Å². The number of hydrogen-bond acceptors (Lipinski definition) is 4. The Bertz CT molecular complexity index is 348. The predicted molar refractivity (Wildman–Crippen MR) is 95.7 cm³/mol. The van der Waals surface area contributed by atoms with E-state index in [9.17, 15) is 9.59 Å². The van der Waals surface area contributed by atoms with Gasteiger partial charge in [-0.25, -0.2) is 0 Å². The second-order valence-corrected chi connectivity index (χ2v) is 7.16. The summed E-state index contributed by atoms with van der Waals surface area (Å²) in [6.07, 6.45) is 13.0. The Hall–Kier alpha value is -1.06. The number of unbranched alkanes of at least 4 members (excludes halogenated alkanes) is 2. The van der Waals surface area contributed by atoms with E-state index in [1.165, 1.54) is 44.9 Å². The second-order valence-electron chi connectivity index (χ2n) is 7.16. The average molecular weight is 341 g/mol. The van der Waals surface area contributed by atoms with E-state index >= 15 is 0 Å². The van der Waals surface area contributed by atoms with Gasteiger partial charge in [-0.2, -0.15) is 0 Å². The lowest BCUT2D eigenvalue weighted by atomic mass is 9.87. The molecule has 0 aromatic heterocycles. The van der Waals surface area contributed by atoms with Crippen LogP contribution in [0.4, 0.5) is 0 Å². The topological polar surface area (TPSA) is 52.6 Å². The molecule has 0 spiro atoms. The second kappa shape index (κ2) is 13.3. The van der Waals surface area contributed by atoms with Gasteiger partial charge in [0.1, 0.15) is 0 Å². The Labute approximate surface area is 147 Å². The van der Waals surface area contributed by atoms with E-state index in [1.807, 2.05) is 6.92 Å². The summed E-state index contributed by atoms with van der Waals surface area (Å²) in [5.74, 6) is 0.347. The van der Waals surface area contributed by atoms with Gasteiger partial charge in [0.15, 0.2) is 0 Å². The van der Waals surface area contributed by atoms with E-state index in [0.29, 0.717) is 25.9 Å². The third kappa shape index (κ3) is 10.7. The lowest BCUT2D eigenvalue weighted by Gasteiger charge is -2.21. The van der Waals surface area contributed by atoms with Gasteiger partial charge in [0.25, 0.3) is 0 Å². The Kier molecular flexibility index (Phi) is 11.6. The molecule has 140 valence electrons. The van der Waals surface area contributed by atoms with Gasteiger partial charge >= 0.3 is 11.9 Å². The van der Waals surface area contributed by atoms with Gasteiger partial charge in [0, 0.05) is 12.8 Å². The molecule has 1 saturated carbocycles. The summed E-state index contributed by atoms with van der Waals surface area (Å²) in [4.78, 5) is 23.4. The van der Waals surface area contributed by atoms with Gasteiger partial charge in [-0.05, 0) is 38.5 Å². The lowest BCUT2D eigenvalue weighted by molar-refractivity contribution is -0.149.